The summed E-state index contributed by atoms with van der Waals surface area (Å²) in [6.07, 6.45) is 2.98. The molecule has 1 amide bonds. The maximum Gasteiger partial charge on any atom is 0.319 e. The van der Waals surface area contributed by atoms with Crippen molar-refractivity contribution in [2.75, 3.05) is 0 Å². The molecule has 0 aromatic carbocycles. The zero-order valence-corrected chi connectivity index (χ0v) is 12.9. The van der Waals surface area contributed by atoms with Crippen molar-refractivity contribution in [3.63, 3.8) is 0 Å². The van der Waals surface area contributed by atoms with E-state index in [1.807, 2.05) is 13.8 Å². The molecule has 20 heavy (non-hydrogen) atoms. The third-order valence-electron chi connectivity index (χ3n) is 2.44. The summed E-state index contributed by atoms with van der Waals surface area (Å²) in [5.41, 5.74) is 5.67. The van der Waals surface area contributed by atoms with Gasteiger partial charge in [0.1, 0.15) is 5.82 Å². The summed E-state index contributed by atoms with van der Waals surface area (Å²) < 4.78 is 25.7. The minimum absolute atomic E-state index is 0. The Bertz CT molecular complexity index is 402. The number of alkyl halides is 2. The molecule has 0 saturated carbocycles. The number of amides is 1. The topological polar surface area (TPSA) is 72.9 Å². The Morgan fingerprint density at radius 1 is 1.45 bits per heavy atom. The maximum absolute atomic E-state index is 12.5. The van der Waals surface area contributed by atoms with Crippen molar-refractivity contribution in [3.8, 4) is 0 Å². The number of nitrogens with one attached hydrogen (secondary N) is 1. The van der Waals surface area contributed by atoms with Crippen LogP contribution in [0, 0.1) is 5.92 Å². The molecule has 9 heteroatoms. The largest absolute Gasteiger partial charge is 0.348 e. The van der Waals surface area contributed by atoms with E-state index in [1.54, 1.807) is 0 Å². The highest BCUT2D eigenvalue weighted by Gasteiger charge is 2.16. The molecule has 3 N–H and O–H groups in total. The molecule has 1 heterocycles. The van der Waals surface area contributed by atoms with Gasteiger partial charge < -0.3 is 11.1 Å². The lowest BCUT2D eigenvalue weighted by Gasteiger charge is -2.14. The van der Waals surface area contributed by atoms with Crippen molar-refractivity contribution < 1.29 is 13.6 Å². The zero-order chi connectivity index (χ0) is 13.7. The van der Waals surface area contributed by atoms with Gasteiger partial charge in [0.15, 0.2) is 0 Å². The highest BCUT2D eigenvalue weighted by Crippen LogP contribution is 2.12. The molecule has 1 aromatic heterocycles. The molecule has 0 spiro atoms. The quantitative estimate of drug-likeness (QED) is 0.837. The van der Waals surface area contributed by atoms with Crippen molar-refractivity contribution in [3.05, 3.63) is 18.2 Å². The minimum Gasteiger partial charge on any atom is -0.348 e. The highest BCUT2D eigenvalue weighted by atomic mass is 35.5. The number of nitrogens with zero attached hydrogens (tertiary/aromatic N) is 2. The van der Waals surface area contributed by atoms with Crippen molar-refractivity contribution in [2.45, 2.75) is 39.4 Å². The van der Waals surface area contributed by atoms with Crippen LogP contribution in [0.1, 0.15) is 32.6 Å². The van der Waals surface area contributed by atoms with Crippen LogP contribution >= 0.6 is 24.8 Å². The minimum atomic E-state index is -2.66. The fourth-order valence-electron chi connectivity index (χ4n) is 1.57. The SMILES string of the molecule is CC(C)C[C@H](N)C(=O)NCc1nccn1C(F)F.Cl.Cl. The molecule has 0 saturated heterocycles. The molecule has 0 radical (unpaired) electrons. The summed E-state index contributed by atoms with van der Waals surface area (Å²) in [6.45, 7) is 1.19. The maximum atomic E-state index is 12.5. The van der Waals surface area contributed by atoms with Crippen molar-refractivity contribution >= 4 is 30.7 Å². The van der Waals surface area contributed by atoms with E-state index in [4.69, 9.17) is 5.73 Å². The molecule has 0 fully saturated rings. The third-order valence-corrected chi connectivity index (χ3v) is 2.44. The Labute approximate surface area is 129 Å². The van der Waals surface area contributed by atoms with Crippen LogP contribution in [0.4, 0.5) is 8.78 Å². The van der Waals surface area contributed by atoms with E-state index in [0.29, 0.717) is 16.9 Å². The second-order valence-corrected chi connectivity index (χ2v) is 4.48. The molecule has 118 valence electrons. The highest BCUT2D eigenvalue weighted by molar-refractivity contribution is 5.85. The molecule has 1 aromatic rings. The number of carbonyl (C=O) groups excluding carboxylic acids is 1. The van der Waals surface area contributed by atoms with Crippen molar-refractivity contribution in [2.24, 2.45) is 11.7 Å². The fourth-order valence-corrected chi connectivity index (χ4v) is 1.57. The van der Waals surface area contributed by atoms with E-state index >= 15 is 0 Å². The van der Waals surface area contributed by atoms with Gasteiger partial charge in [-0.15, -0.1) is 24.8 Å². The number of imidazole rings is 1. The summed E-state index contributed by atoms with van der Waals surface area (Å²) in [6, 6.07) is -0.625. The van der Waals surface area contributed by atoms with Crippen molar-refractivity contribution in [1.29, 1.82) is 0 Å². The summed E-state index contributed by atoms with van der Waals surface area (Å²) >= 11 is 0. The molecule has 1 rings (SSSR count). The first kappa shape index (κ1) is 21.4. The van der Waals surface area contributed by atoms with Gasteiger partial charge in [0.05, 0.1) is 12.6 Å². The Hall–Kier alpha value is -0.920. The third kappa shape index (κ3) is 6.49. The molecule has 0 aliphatic rings. The molecule has 0 aliphatic heterocycles. The summed E-state index contributed by atoms with van der Waals surface area (Å²) in [5.74, 6) is 0.0522. The van der Waals surface area contributed by atoms with Crippen LogP contribution in [-0.4, -0.2) is 21.5 Å². The molecule has 0 aliphatic carbocycles. The number of halogens is 4. The second-order valence-electron chi connectivity index (χ2n) is 4.48. The lowest BCUT2D eigenvalue weighted by atomic mass is 10.0. The first-order valence-electron chi connectivity index (χ1n) is 5.75. The number of aromatic nitrogens is 2. The smallest absolute Gasteiger partial charge is 0.319 e. The van der Waals surface area contributed by atoms with E-state index in [2.05, 4.69) is 10.3 Å². The Balaban J connectivity index is 0. The van der Waals surface area contributed by atoms with Gasteiger partial charge in [-0.3, -0.25) is 9.36 Å². The average molecular weight is 333 g/mol. The van der Waals surface area contributed by atoms with E-state index in [0.717, 1.165) is 0 Å². The molecular weight excluding hydrogens is 313 g/mol. The number of hydrogen-bond acceptors (Lipinski definition) is 3. The van der Waals surface area contributed by atoms with Crippen LogP contribution in [0.3, 0.4) is 0 Å². The van der Waals surface area contributed by atoms with Crippen LogP contribution in [0.2, 0.25) is 0 Å². The predicted octanol–water partition coefficient (Wildman–Crippen LogP) is 2.11. The van der Waals surface area contributed by atoms with Crippen LogP contribution < -0.4 is 11.1 Å². The molecule has 5 nitrogen and oxygen atoms in total. The standard InChI is InChI=1S/C11H18F2N4O.2ClH/c1-7(2)5-8(14)10(18)16-6-9-15-3-4-17(9)11(12)13;;/h3-4,7-8,11H,5-6,14H2,1-2H3,(H,16,18);2*1H/t8-;;/m0../s1. The van der Waals surface area contributed by atoms with E-state index in [1.165, 1.54) is 12.4 Å². The summed E-state index contributed by atoms with van der Waals surface area (Å²) in [4.78, 5) is 15.4. The fraction of sp³-hybridized carbons (Fsp3) is 0.636. The lowest BCUT2D eigenvalue weighted by molar-refractivity contribution is -0.122. The normalized spacial score (nSPS) is 11.8. The summed E-state index contributed by atoms with van der Waals surface area (Å²) in [5, 5.41) is 2.50. The van der Waals surface area contributed by atoms with Gasteiger partial charge in [0.25, 0.3) is 0 Å². The van der Waals surface area contributed by atoms with Crippen LogP contribution in [-0.2, 0) is 11.3 Å². The van der Waals surface area contributed by atoms with Gasteiger partial charge in [-0.25, -0.2) is 4.98 Å². The van der Waals surface area contributed by atoms with E-state index in [9.17, 15) is 13.6 Å². The van der Waals surface area contributed by atoms with Gasteiger partial charge in [-0.2, -0.15) is 8.78 Å². The van der Waals surface area contributed by atoms with Crippen LogP contribution in [0.15, 0.2) is 12.4 Å². The first-order valence-corrected chi connectivity index (χ1v) is 5.75. The number of nitrogens with two attached hydrogens (primary N) is 1. The molecular formula is C11H20Cl2F2N4O. The van der Waals surface area contributed by atoms with Gasteiger partial charge in [-0.1, -0.05) is 13.8 Å². The second kappa shape index (κ2) is 9.90. The van der Waals surface area contributed by atoms with Crippen molar-refractivity contribution in [1.82, 2.24) is 14.9 Å². The lowest BCUT2D eigenvalue weighted by Crippen LogP contribution is -2.41. The van der Waals surface area contributed by atoms with Gasteiger partial charge in [0.2, 0.25) is 5.91 Å². The monoisotopic (exact) mass is 332 g/mol. The number of carbonyl (C=O) groups is 1. The Morgan fingerprint density at radius 2 is 2.05 bits per heavy atom. The summed E-state index contributed by atoms with van der Waals surface area (Å²) in [7, 11) is 0. The van der Waals surface area contributed by atoms with E-state index in [-0.39, 0.29) is 43.1 Å². The zero-order valence-electron chi connectivity index (χ0n) is 11.3. The van der Waals surface area contributed by atoms with Gasteiger partial charge in [-0.05, 0) is 12.3 Å². The van der Waals surface area contributed by atoms with Gasteiger partial charge in [0, 0.05) is 12.4 Å². The van der Waals surface area contributed by atoms with Crippen LogP contribution in [0.5, 0.6) is 0 Å². The Kier molecular flexibility index (Phi) is 10.6. The molecule has 1 atom stereocenters. The predicted molar refractivity (Wildman–Crippen MR) is 77.3 cm³/mol. The van der Waals surface area contributed by atoms with E-state index < -0.39 is 12.6 Å². The number of hydrogen-bond donors (Lipinski definition) is 2. The molecule has 0 bridgehead atoms. The average Bonchev–Trinajstić information content (AvgIpc) is 2.72. The van der Waals surface area contributed by atoms with Crippen LogP contribution in [0.25, 0.3) is 0 Å². The van der Waals surface area contributed by atoms with Gasteiger partial charge >= 0.3 is 6.55 Å². The number of rotatable bonds is 6. The Morgan fingerprint density at radius 3 is 2.55 bits per heavy atom. The first-order chi connectivity index (χ1) is 8.41. The molecule has 0 unspecified atom stereocenters.